The Labute approximate surface area is 208 Å². The Morgan fingerprint density at radius 3 is 2.40 bits per heavy atom. The van der Waals surface area contributed by atoms with Crippen molar-refractivity contribution in [1.29, 1.82) is 5.26 Å². The van der Waals surface area contributed by atoms with Gasteiger partial charge >= 0.3 is 6.18 Å². The van der Waals surface area contributed by atoms with E-state index >= 15 is 0 Å². The lowest BCUT2D eigenvalue weighted by molar-refractivity contribution is -0.137. The fraction of sp³-hybridized carbons (Fsp3) is 0.238. The quantitative estimate of drug-likeness (QED) is 0.406. The molecule has 0 radical (unpaired) electrons. The van der Waals surface area contributed by atoms with Crippen molar-refractivity contribution in [3.8, 4) is 6.07 Å². The van der Waals surface area contributed by atoms with Crippen LogP contribution in [0.3, 0.4) is 0 Å². The van der Waals surface area contributed by atoms with Crippen LogP contribution < -0.4 is 10.6 Å². The van der Waals surface area contributed by atoms with Gasteiger partial charge in [0.05, 0.1) is 39.4 Å². The van der Waals surface area contributed by atoms with E-state index < -0.39 is 38.3 Å². The molecular weight excluding hydrogens is 532 g/mol. The van der Waals surface area contributed by atoms with Crippen LogP contribution in [-0.4, -0.2) is 44.9 Å². The summed E-state index contributed by atoms with van der Waals surface area (Å²) in [4.78, 5) is 12.4. The molecule has 0 bridgehead atoms. The molecule has 1 heterocycles. The van der Waals surface area contributed by atoms with Gasteiger partial charge in [-0.3, -0.25) is 4.79 Å². The Kier molecular flexibility index (Phi) is 8.30. The first-order valence-corrected chi connectivity index (χ1v) is 12.1. The number of nitrogens with zero attached hydrogens (tertiary/aromatic N) is 2. The number of amides is 1. The summed E-state index contributed by atoms with van der Waals surface area (Å²) < 4.78 is 71.3. The summed E-state index contributed by atoms with van der Waals surface area (Å²) in [7, 11) is -3.84. The third kappa shape index (κ3) is 6.45. The smallest absolute Gasteiger partial charge is 0.379 e. The SMILES string of the molecule is N#C/C(=C/Nc1cc(S(=O)(=O)N2CCOCC2)ccc1Cl)C(=O)Nc1ccc(Cl)c(C(F)(F)F)c1. The van der Waals surface area contributed by atoms with Crippen LogP contribution in [0.4, 0.5) is 24.5 Å². The summed E-state index contributed by atoms with van der Waals surface area (Å²) in [5, 5.41) is 13.7. The molecule has 1 fully saturated rings. The van der Waals surface area contributed by atoms with E-state index in [-0.39, 0.29) is 47.6 Å². The first kappa shape index (κ1) is 26.8. The Balaban J connectivity index is 1.80. The number of halogens is 5. The summed E-state index contributed by atoms with van der Waals surface area (Å²) in [6.45, 7) is 0.902. The van der Waals surface area contributed by atoms with Crippen molar-refractivity contribution >= 4 is 50.5 Å². The largest absolute Gasteiger partial charge is 0.417 e. The van der Waals surface area contributed by atoms with Crippen LogP contribution in [-0.2, 0) is 25.7 Å². The monoisotopic (exact) mass is 548 g/mol. The van der Waals surface area contributed by atoms with Gasteiger partial charge in [-0.1, -0.05) is 23.2 Å². The number of ether oxygens (including phenoxy) is 1. The molecule has 1 saturated heterocycles. The first-order chi connectivity index (χ1) is 16.4. The van der Waals surface area contributed by atoms with Gasteiger partial charge in [0, 0.05) is 25.0 Å². The average Bonchev–Trinajstić information content (AvgIpc) is 2.81. The van der Waals surface area contributed by atoms with Crippen molar-refractivity contribution < 1.29 is 31.1 Å². The predicted octanol–water partition coefficient (Wildman–Crippen LogP) is 4.49. The number of hydrogen-bond donors (Lipinski definition) is 2. The van der Waals surface area contributed by atoms with E-state index in [0.717, 1.165) is 18.3 Å². The van der Waals surface area contributed by atoms with E-state index in [9.17, 15) is 31.6 Å². The number of alkyl halides is 3. The minimum Gasteiger partial charge on any atom is -0.379 e. The lowest BCUT2D eigenvalue weighted by Crippen LogP contribution is -2.40. The van der Waals surface area contributed by atoms with Crippen LogP contribution in [0.5, 0.6) is 0 Å². The normalized spacial score (nSPS) is 15.4. The number of morpholine rings is 1. The predicted molar refractivity (Wildman–Crippen MR) is 123 cm³/mol. The molecule has 186 valence electrons. The maximum absolute atomic E-state index is 13.0. The van der Waals surface area contributed by atoms with Crippen molar-refractivity contribution in [2.75, 3.05) is 36.9 Å². The van der Waals surface area contributed by atoms with E-state index in [1.54, 1.807) is 6.07 Å². The second kappa shape index (κ2) is 10.8. The highest BCUT2D eigenvalue weighted by Crippen LogP contribution is 2.36. The number of carbonyl (C=O) groups excluding carboxylic acids is 1. The van der Waals surface area contributed by atoms with Crippen molar-refractivity contribution in [3.05, 3.63) is 63.8 Å². The molecule has 2 aromatic carbocycles. The molecule has 1 amide bonds. The number of nitrogens with one attached hydrogen (secondary N) is 2. The molecule has 0 atom stereocenters. The number of nitriles is 1. The standard InChI is InChI=1S/C21H17Cl2F3N4O4S/c22-17-3-1-14(9-16(17)21(24,25)26)29-20(31)13(11-27)12-28-19-10-15(2-4-18(19)23)35(32,33)30-5-7-34-8-6-30/h1-4,9-10,12,28H,5-8H2,(H,29,31)/b13-12-. The number of sulfonamides is 1. The Hall–Kier alpha value is -2.82. The van der Waals surface area contributed by atoms with Crippen LogP contribution in [0.1, 0.15) is 5.56 Å². The zero-order chi connectivity index (χ0) is 25.8. The van der Waals surface area contributed by atoms with E-state index in [4.69, 9.17) is 27.9 Å². The van der Waals surface area contributed by atoms with Crippen molar-refractivity contribution in [2.24, 2.45) is 0 Å². The maximum atomic E-state index is 13.0. The molecule has 0 aliphatic carbocycles. The Bertz CT molecular complexity index is 1300. The molecule has 1 aliphatic heterocycles. The van der Waals surface area contributed by atoms with Crippen molar-refractivity contribution in [3.63, 3.8) is 0 Å². The molecule has 14 heteroatoms. The first-order valence-electron chi connectivity index (χ1n) is 9.86. The maximum Gasteiger partial charge on any atom is 0.417 e. The van der Waals surface area contributed by atoms with Crippen molar-refractivity contribution in [1.82, 2.24) is 4.31 Å². The van der Waals surface area contributed by atoms with Crippen LogP contribution in [0.15, 0.2) is 53.1 Å². The molecule has 35 heavy (non-hydrogen) atoms. The molecular formula is C21H17Cl2F3N4O4S. The van der Waals surface area contributed by atoms with Crippen molar-refractivity contribution in [2.45, 2.75) is 11.1 Å². The average molecular weight is 549 g/mol. The molecule has 3 rings (SSSR count). The Morgan fingerprint density at radius 2 is 1.77 bits per heavy atom. The summed E-state index contributed by atoms with van der Waals surface area (Å²) in [6.07, 6.45) is -3.78. The van der Waals surface area contributed by atoms with Gasteiger partial charge in [0.2, 0.25) is 10.0 Å². The van der Waals surface area contributed by atoms with E-state index in [2.05, 4.69) is 10.6 Å². The number of anilines is 2. The molecule has 2 N–H and O–H groups in total. The number of hydrogen-bond acceptors (Lipinski definition) is 6. The van der Waals surface area contributed by atoms with Gasteiger partial charge in [-0.25, -0.2) is 8.42 Å². The van der Waals surface area contributed by atoms with Gasteiger partial charge in [-0.2, -0.15) is 22.7 Å². The van der Waals surface area contributed by atoms with Gasteiger partial charge in [0.25, 0.3) is 5.91 Å². The van der Waals surface area contributed by atoms with E-state index in [0.29, 0.717) is 6.07 Å². The van der Waals surface area contributed by atoms with Gasteiger partial charge in [0.1, 0.15) is 11.6 Å². The molecule has 8 nitrogen and oxygen atoms in total. The molecule has 0 spiro atoms. The summed E-state index contributed by atoms with van der Waals surface area (Å²) in [6, 6.07) is 8.27. The van der Waals surface area contributed by atoms with E-state index in [1.807, 2.05) is 0 Å². The summed E-state index contributed by atoms with van der Waals surface area (Å²) in [5.74, 6) is -1.01. The molecule has 0 unspecified atom stereocenters. The molecule has 0 aromatic heterocycles. The van der Waals surface area contributed by atoms with E-state index in [1.165, 1.54) is 22.5 Å². The van der Waals surface area contributed by atoms with Gasteiger partial charge in [-0.15, -0.1) is 0 Å². The minimum atomic E-state index is -4.74. The van der Waals surface area contributed by atoms with Gasteiger partial charge in [-0.05, 0) is 36.4 Å². The minimum absolute atomic E-state index is 0.0662. The molecule has 0 saturated carbocycles. The highest BCUT2D eigenvalue weighted by molar-refractivity contribution is 7.89. The summed E-state index contributed by atoms with van der Waals surface area (Å²) in [5.41, 5.74) is -1.80. The lowest BCUT2D eigenvalue weighted by Gasteiger charge is -2.26. The van der Waals surface area contributed by atoms with Crippen LogP contribution >= 0.6 is 23.2 Å². The fourth-order valence-electron chi connectivity index (χ4n) is 3.03. The highest BCUT2D eigenvalue weighted by Gasteiger charge is 2.33. The molecule has 1 aliphatic rings. The summed E-state index contributed by atoms with van der Waals surface area (Å²) >= 11 is 11.7. The Morgan fingerprint density at radius 1 is 1.11 bits per heavy atom. The third-order valence-corrected chi connectivity index (χ3v) is 7.37. The fourth-order valence-corrected chi connectivity index (χ4v) is 4.86. The number of rotatable bonds is 6. The van der Waals surface area contributed by atoms with Gasteiger partial charge < -0.3 is 15.4 Å². The third-order valence-electron chi connectivity index (χ3n) is 4.81. The lowest BCUT2D eigenvalue weighted by atomic mass is 10.2. The second-order valence-corrected chi connectivity index (χ2v) is 9.87. The zero-order valence-electron chi connectivity index (χ0n) is 17.7. The second-order valence-electron chi connectivity index (χ2n) is 7.12. The number of carbonyl (C=O) groups is 1. The van der Waals surface area contributed by atoms with Crippen LogP contribution in [0, 0.1) is 11.3 Å². The van der Waals surface area contributed by atoms with Crippen LogP contribution in [0.2, 0.25) is 10.0 Å². The van der Waals surface area contributed by atoms with Gasteiger partial charge in [0.15, 0.2) is 0 Å². The highest BCUT2D eigenvalue weighted by atomic mass is 35.5. The molecule has 2 aromatic rings. The van der Waals surface area contributed by atoms with Crippen LogP contribution in [0.25, 0.3) is 0 Å². The number of benzene rings is 2. The zero-order valence-corrected chi connectivity index (χ0v) is 20.0. The topological polar surface area (TPSA) is 112 Å².